The number of nitrogens with one attached hydrogen (secondary N) is 3. The van der Waals surface area contributed by atoms with E-state index in [4.69, 9.17) is 16.2 Å². The fourth-order valence-electron chi connectivity index (χ4n) is 5.51. The van der Waals surface area contributed by atoms with Crippen molar-refractivity contribution in [2.45, 2.75) is 14.7 Å². The Morgan fingerprint density at radius 1 is 0.717 bits per heavy atom. The molecule has 1 aliphatic carbocycles. The van der Waals surface area contributed by atoms with Crippen molar-refractivity contribution in [2.75, 3.05) is 28.4 Å². The highest BCUT2D eigenvalue weighted by atomic mass is 35.5. The summed E-state index contributed by atoms with van der Waals surface area (Å²) < 4.78 is 164. The van der Waals surface area contributed by atoms with Gasteiger partial charge in [0.05, 0.1) is 39.1 Å². The highest BCUT2D eigenvalue weighted by molar-refractivity contribution is 7.91. The van der Waals surface area contributed by atoms with Gasteiger partial charge in [0, 0.05) is 11.1 Å². The molecule has 0 aliphatic heterocycles. The highest BCUT2D eigenvalue weighted by Gasteiger charge is 2.36. The number of allylic oxidation sites excluding steroid dienone is 1. The van der Waals surface area contributed by atoms with E-state index in [1.165, 1.54) is 30.3 Å². The second-order valence-electron chi connectivity index (χ2n) is 12.0. The Kier molecular flexibility index (Phi) is 11.9. The second kappa shape index (κ2) is 16.2. The molecule has 6 rings (SSSR count). The Morgan fingerprint density at radius 3 is 1.98 bits per heavy atom. The number of anilines is 5. The molecule has 0 fully saturated rings. The zero-order valence-corrected chi connectivity index (χ0v) is 34.2. The summed E-state index contributed by atoms with van der Waals surface area (Å²) in [6.45, 7) is -0.867. The molecule has 0 unspecified atom stereocenters. The van der Waals surface area contributed by atoms with E-state index in [0.29, 0.717) is 17.5 Å². The molecule has 0 atom stereocenters. The van der Waals surface area contributed by atoms with Gasteiger partial charge in [-0.2, -0.15) is 53.7 Å². The lowest BCUT2D eigenvalue weighted by Crippen LogP contribution is -2.28. The number of ketones is 1. The first kappa shape index (κ1) is 44.0. The molecule has 0 saturated heterocycles. The van der Waals surface area contributed by atoms with Crippen molar-refractivity contribution < 1.29 is 69.3 Å². The summed E-state index contributed by atoms with van der Waals surface area (Å²) in [6, 6.07) is 14.6. The van der Waals surface area contributed by atoms with Crippen LogP contribution in [0.2, 0.25) is 5.28 Å². The van der Waals surface area contributed by atoms with E-state index in [9.17, 15) is 60.5 Å². The number of Topliss-reactive ketones (excluding diaryl/α,β-unsaturated/α-hetero) is 1. The zero-order valence-electron chi connectivity index (χ0n) is 29.3. The number of benzene rings is 4. The van der Waals surface area contributed by atoms with Crippen LogP contribution >= 0.6 is 11.6 Å². The molecule has 0 saturated carbocycles. The number of nitrogens with zero attached hydrogens (tertiary/aromatic N) is 4. The van der Waals surface area contributed by atoms with Gasteiger partial charge in [-0.05, 0) is 71.1 Å². The third-order valence-electron chi connectivity index (χ3n) is 8.04. The number of rotatable bonds is 14. The smallest absolute Gasteiger partial charge is 0.324 e. The Balaban J connectivity index is 1.39. The molecule has 1 heterocycles. The first-order valence-electron chi connectivity index (χ1n) is 15.9. The van der Waals surface area contributed by atoms with Gasteiger partial charge in [-0.1, -0.05) is 30.3 Å². The molecule has 7 N–H and O–H groups in total. The van der Waals surface area contributed by atoms with Crippen molar-refractivity contribution in [3.8, 4) is 0 Å². The fraction of sp³-hybridized carbons (Fsp3) is 0.0645. The Morgan fingerprint density at radius 2 is 1.37 bits per heavy atom. The summed E-state index contributed by atoms with van der Waals surface area (Å²) in [6.07, 6.45) is 0.637. The monoisotopic (exact) mass is 945 g/mol. The van der Waals surface area contributed by atoms with Crippen LogP contribution in [0, 0.1) is 0 Å². The minimum absolute atomic E-state index is 0.138. The number of sulfone groups is 1. The number of carbonyl (C=O) groups is 1. The quantitative estimate of drug-likeness (QED) is 0.0621. The number of halogens is 1. The number of carbonyl (C=O) groups excluding carboxylic acids is 1. The molecule has 23 nitrogen and oxygen atoms in total. The number of fused-ring (bicyclic) bond motifs is 2. The lowest BCUT2D eigenvalue weighted by molar-refractivity contribution is 0.106. The molecule has 0 bridgehead atoms. The van der Waals surface area contributed by atoms with Crippen molar-refractivity contribution in [1.82, 2.24) is 15.0 Å². The summed E-state index contributed by atoms with van der Waals surface area (Å²) in [5, 5.41) is 9.11. The molecular weight excluding hydrogens is 922 g/mol. The minimum atomic E-state index is -5.38. The molecule has 5 aromatic rings. The van der Waals surface area contributed by atoms with Gasteiger partial charge in [-0.15, -0.1) is 0 Å². The first-order valence-corrected chi connectivity index (χ1v) is 23.6. The highest BCUT2D eigenvalue weighted by Crippen LogP contribution is 2.36. The summed E-state index contributed by atoms with van der Waals surface area (Å²) in [4.78, 5) is 23.0. The van der Waals surface area contributed by atoms with Gasteiger partial charge in [0.15, 0.2) is 15.5 Å². The fourth-order valence-corrected chi connectivity index (χ4v) is 9.02. The number of aromatic nitrogens is 3. The Labute approximate surface area is 344 Å². The van der Waals surface area contributed by atoms with E-state index in [1.54, 1.807) is 12.1 Å². The summed E-state index contributed by atoms with van der Waals surface area (Å²) >= 11 is 6.11. The second-order valence-corrected chi connectivity index (χ2v) is 19.8. The summed E-state index contributed by atoms with van der Waals surface area (Å²) in [5.41, 5.74) is -0.601. The molecule has 0 amide bonds. The van der Waals surface area contributed by atoms with E-state index in [2.05, 4.69) is 40.3 Å². The molecule has 1 aromatic heterocycles. The topological polar surface area (TPSA) is 365 Å². The van der Waals surface area contributed by atoms with Crippen LogP contribution in [-0.4, -0.2) is 99.1 Å². The normalized spacial score (nSPS) is 14.4. The summed E-state index contributed by atoms with van der Waals surface area (Å²) in [7, 11) is -24.4. The van der Waals surface area contributed by atoms with E-state index >= 15 is 0 Å². The molecule has 29 heteroatoms. The van der Waals surface area contributed by atoms with Crippen LogP contribution in [0.5, 0.6) is 0 Å². The third kappa shape index (κ3) is 10.1. The SMILES string of the molecule is O=C1/C(=N/Nc2c(S(=O)(=O)O)ccc3ccccc23)C(S(=O)(=O)O)=Cc2cc(S(=O)(=O)O)cc(Nc3nc(Cl)nc(Nc4ccc(S(=O)(=O)CCOS(=O)(=O)O)cc4)n3)c21. The third-order valence-corrected chi connectivity index (χ3v) is 13.0. The van der Waals surface area contributed by atoms with Crippen LogP contribution < -0.4 is 16.1 Å². The zero-order chi connectivity index (χ0) is 44.0. The van der Waals surface area contributed by atoms with Gasteiger partial charge >= 0.3 is 10.4 Å². The number of hydrazone groups is 1. The Bertz CT molecular complexity index is 3260. The Hall–Kier alpha value is -5.53. The van der Waals surface area contributed by atoms with Gasteiger partial charge in [0.25, 0.3) is 30.4 Å². The van der Waals surface area contributed by atoms with Crippen LogP contribution in [-0.2, 0) is 54.8 Å². The first-order chi connectivity index (χ1) is 27.8. The van der Waals surface area contributed by atoms with Crippen LogP contribution in [0.3, 0.4) is 0 Å². The largest absolute Gasteiger partial charge is 0.397 e. The van der Waals surface area contributed by atoms with Crippen molar-refractivity contribution in [2.24, 2.45) is 5.10 Å². The van der Waals surface area contributed by atoms with Gasteiger partial charge in [0.1, 0.15) is 9.80 Å². The predicted octanol–water partition coefficient (Wildman–Crippen LogP) is 3.15. The minimum Gasteiger partial charge on any atom is -0.324 e. The lowest BCUT2D eigenvalue weighted by Gasteiger charge is -2.21. The molecular formula is C31H24ClN7O16S5. The standard InChI is InChI=1S/C31H24ClN7O16S5/c32-29-35-30(33-18-6-8-19(9-7-18)56(41,42)12-11-55-60(52,53)54)37-31(36-29)34-22-15-20(57(43,44)45)13-17-14-24(59(49,50)51)27(28(40)25(17)22)39-38-26-21-4-2-1-3-16(21)5-10-23(26)58(46,47)48/h1-10,13-15,38H,11-12H2,(H,43,44,45)(H,46,47,48)(H,49,50,51)(H,52,53,54)(H2,33,34,35,36,37)/b39-27+. The van der Waals surface area contributed by atoms with E-state index in [-0.39, 0.29) is 21.9 Å². The lowest BCUT2D eigenvalue weighted by atomic mass is 9.93. The van der Waals surface area contributed by atoms with Gasteiger partial charge in [-0.3, -0.25) is 28.4 Å². The van der Waals surface area contributed by atoms with E-state index in [0.717, 1.165) is 24.3 Å². The van der Waals surface area contributed by atoms with Crippen LogP contribution in [0.25, 0.3) is 16.8 Å². The van der Waals surface area contributed by atoms with E-state index < -0.39 is 123 Å². The molecule has 0 radical (unpaired) electrons. The molecule has 60 heavy (non-hydrogen) atoms. The van der Waals surface area contributed by atoms with Crippen LogP contribution in [0.15, 0.2) is 97.5 Å². The maximum absolute atomic E-state index is 14.2. The molecule has 1 aliphatic rings. The van der Waals surface area contributed by atoms with E-state index in [1.807, 2.05) is 0 Å². The van der Waals surface area contributed by atoms with Crippen molar-refractivity contribution in [1.29, 1.82) is 0 Å². The maximum atomic E-state index is 14.2. The van der Waals surface area contributed by atoms with Crippen LogP contribution in [0.4, 0.5) is 29.0 Å². The summed E-state index contributed by atoms with van der Waals surface area (Å²) in [5.74, 6) is -2.97. The average molecular weight is 946 g/mol. The molecule has 4 aromatic carbocycles. The van der Waals surface area contributed by atoms with Crippen LogP contribution in [0.1, 0.15) is 15.9 Å². The predicted molar refractivity (Wildman–Crippen MR) is 212 cm³/mol. The van der Waals surface area contributed by atoms with Crippen molar-refractivity contribution in [3.63, 3.8) is 0 Å². The van der Waals surface area contributed by atoms with Gasteiger partial charge < -0.3 is 10.6 Å². The van der Waals surface area contributed by atoms with Crippen molar-refractivity contribution >= 4 is 119 Å². The number of hydrogen-bond acceptors (Lipinski definition) is 19. The molecule has 0 spiro atoms. The number of hydrogen-bond donors (Lipinski definition) is 7. The van der Waals surface area contributed by atoms with Gasteiger partial charge in [-0.25, -0.2) is 12.6 Å². The van der Waals surface area contributed by atoms with Gasteiger partial charge in [0.2, 0.25) is 23.0 Å². The maximum Gasteiger partial charge on any atom is 0.397 e. The van der Waals surface area contributed by atoms with Crippen molar-refractivity contribution in [3.05, 3.63) is 94.1 Å². The molecule has 316 valence electrons. The average Bonchev–Trinajstić information content (AvgIpc) is 3.12.